The predicted octanol–water partition coefficient (Wildman–Crippen LogP) is 0.252. The number of H-pyrrole nitrogens is 1. The van der Waals surface area contributed by atoms with E-state index < -0.39 is 0 Å². The summed E-state index contributed by atoms with van der Waals surface area (Å²) in [5, 5.41) is 0. The number of nitrogens with one attached hydrogen (secondary N) is 1. The third-order valence-corrected chi connectivity index (χ3v) is 1.95. The summed E-state index contributed by atoms with van der Waals surface area (Å²) in [6, 6.07) is 1.21. The van der Waals surface area contributed by atoms with Crippen LogP contribution in [-0.4, -0.2) is 33.9 Å². The van der Waals surface area contributed by atoms with E-state index >= 15 is 0 Å². The Bertz CT molecular complexity index is 368. The Hall–Kier alpha value is -1.65. The Morgan fingerprint density at radius 1 is 1.50 bits per heavy atom. The van der Waals surface area contributed by atoms with E-state index in [1.54, 1.807) is 4.90 Å². The minimum Gasteiger partial charge on any atom is -0.338 e. The quantitative estimate of drug-likeness (QED) is 0.751. The number of carbonyl (C=O) groups excluding carboxylic acids is 1. The highest BCUT2D eigenvalue weighted by Crippen LogP contribution is 1.97. The average Bonchev–Trinajstić information content (AvgIpc) is 2.19. The van der Waals surface area contributed by atoms with Crippen LogP contribution in [0.1, 0.15) is 24.3 Å². The van der Waals surface area contributed by atoms with E-state index in [-0.39, 0.29) is 17.2 Å². The lowest BCUT2D eigenvalue weighted by Gasteiger charge is -2.17. The van der Waals surface area contributed by atoms with Crippen LogP contribution in [0.3, 0.4) is 0 Å². The molecule has 0 unspecified atom stereocenters. The zero-order valence-electron chi connectivity index (χ0n) is 8.28. The summed E-state index contributed by atoms with van der Waals surface area (Å²) in [6.45, 7) is 5.00. The molecule has 1 amide bonds. The van der Waals surface area contributed by atoms with Crippen LogP contribution in [0.25, 0.3) is 0 Å². The van der Waals surface area contributed by atoms with E-state index in [1.807, 2.05) is 13.8 Å². The average molecular weight is 195 g/mol. The van der Waals surface area contributed by atoms with Crippen molar-refractivity contribution in [2.24, 2.45) is 0 Å². The zero-order valence-corrected chi connectivity index (χ0v) is 8.28. The maximum absolute atomic E-state index is 11.7. The predicted molar refractivity (Wildman–Crippen MR) is 52.1 cm³/mol. The SMILES string of the molecule is CCN(CC)C(=O)c1cc(=O)[nH]cn1. The standard InChI is InChI=1S/C9H13N3O2/c1-3-12(4-2)9(14)7-5-8(13)11-6-10-7/h5-6H,3-4H2,1-2H3,(H,10,11,13). The molecule has 0 bridgehead atoms. The van der Waals surface area contributed by atoms with Crippen LogP contribution in [0.4, 0.5) is 0 Å². The van der Waals surface area contributed by atoms with Crippen LogP contribution in [0.2, 0.25) is 0 Å². The zero-order chi connectivity index (χ0) is 10.6. The smallest absolute Gasteiger partial charge is 0.272 e. The van der Waals surface area contributed by atoms with Gasteiger partial charge in [0.2, 0.25) is 0 Å². The molecule has 0 aliphatic rings. The van der Waals surface area contributed by atoms with Crippen molar-refractivity contribution in [1.82, 2.24) is 14.9 Å². The second kappa shape index (κ2) is 4.55. The summed E-state index contributed by atoms with van der Waals surface area (Å²) in [4.78, 5) is 30.4. The highest BCUT2D eigenvalue weighted by molar-refractivity contribution is 5.92. The summed E-state index contributed by atoms with van der Waals surface area (Å²) >= 11 is 0. The molecule has 1 aromatic heterocycles. The van der Waals surface area contributed by atoms with E-state index in [9.17, 15) is 9.59 Å². The molecule has 5 nitrogen and oxygen atoms in total. The Balaban J connectivity index is 2.94. The van der Waals surface area contributed by atoms with Gasteiger partial charge in [0.1, 0.15) is 5.69 Å². The molecule has 1 N–H and O–H groups in total. The first-order chi connectivity index (χ1) is 6.69. The number of nitrogens with zero attached hydrogens (tertiary/aromatic N) is 2. The van der Waals surface area contributed by atoms with Crippen molar-refractivity contribution in [2.75, 3.05) is 13.1 Å². The summed E-state index contributed by atoms with van der Waals surface area (Å²) in [5.74, 6) is -0.207. The monoisotopic (exact) mass is 195 g/mol. The lowest BCUT2D eigenvalue weighted by Crippen LogP contribution is -2.31. The van der Waals surface area contributed by atoms with Crippen molar-refractivity contribution in [3.63, 3.8) is 0 Å². The van der Waals surface area contributed by atoms with Gasteiger partial charge in [-0.15, -0.1) is 0 Å². The summed E-state index contributed by atoms with van der Waals surface area (Å²) < 4.78 is 0. The first-order valence-corrected chi connectivity index (χ1v) is 4.53. The van der Waals surface area contributed by atoms with Crippen LogP contribution < -0.4 is 5.56 Å². The summed E-state index contributed by atoms with van der Waals surface area (Å²) in [6.07, 6.45) is 1.24. The van der Waals surface area contributed by atoms with Crippen LogP contribution in [0.5, 0.6) is 0 Å². The van der Waals surface area contributed by atoms with E-state index in [0.717, 1.165) is 0 Å². The molecule has 14 heavy (non-hydrogen) atoms. The molecular weight excluding hydrogens is 182 g/mol. The first kappa shape index (κ1) is 10.4. The van der Waals surface area contributed by atoms with Crippen molar-refractivity contribution < 1.29 is 4.79 Å². The van der Waals surface area contributed by atoms with E-state index in [2.05, 4.69) is 9.97 Å². The van der Waals surface area contributed by atoms with Crippen molar-refractivity contribution in [1.29, 1.82) is 0 Å². The van der Waals surface area contributed by atoms with E-state index in [1.165, 1.54) is 12.4 Å². The molecular formula is C9H13N3O2. The number of carbonyl (C=O) groups is 1. The molecule has 0 saturated heterocycles. The normalized spacial score (nSPS) is 9.86. The number of amides is 1. The molecule has 0 aromatic carbocycles. The van der Waals surface area contributed by atoms with Gasteiger partial charge in [0.25, 0.3) is 11.5 Å². The van der Waals surface area contributed by atoms with Crippen LogP contribution in [0.15, 0.2) is 17.2 Å². The first-order valence-electron chi connectivity index (χ1n) is 4.53. The highest BCUT2D eigenvalue weighted by Gasteiger charge is 2.13. The highest BCUT2D eigenvalue weighted by atomic mass is 16.2. The van der Waals surface area contributed by atoms with Crippen molar-refractivity contribution in [2.45, 2.75) is 13.8 Å². The van der Waals surface area contributed by atoms with E-state index in [4.69, 9.17) is 0 Å². The third kappa shape index (κ3) is 2.18. The molecule has 1 heterocycles. The minimum atomic E-state index is -0.310. The molecule has 0 atom stereocenters. The molecule has 0 saturated carbocycles. The van der Waals surface area contributed by atoms with Gasteiger partial charge in [-0.2, -0.15) is 0 Å². The van der Waals surface area contributed by atoms with E-state index in [0.29, 0.717) is 13.1 Å². The lowest BCUT2D eigenvalue weighted by atomic mass is 10.3. The maximum Gasteiger partial charge on any atom is 0.272 e. The molecule has 5 heteroatoms. The van der Waals surface area contributed by atoms with Gasteiger partial charge in [0.15, 0.2) is 0 Å². The Labute approximate surface area is 81.8 Å². The number of hydrogen-bond donors (Lipinski definition) is 1. The third-order valence-electron chi connectivity index (χ3n) is 1.95. The lowest BCUT2D eigenvalue weighted by molar-refractivity contribution is 0.0766. The van der Waals surface area contributed by atoms with Crippen LogP contribution in [-0.2, 0) is 0 Å². The van der Waals surface area contributed by atoms with Gasteiger partial charge in [-0.05, 0) is 13.8 Å². The number of hydrogen-bond acceptors (Lipinski definition) is 3. The molecule has 0 aliphatic carbocycles. The topological polar surface area (TPSA) is 66.1 Å². The van der Waals surface area contributed by atoms with Crippen molar-refractivity contribution in [3.8, 4) is 0 Å². The Morgan fingerprint density at radius 3 is 2.64 bits per heavy atom. The van der Waals surface area contributed by atoms with Crippen LogP contribution in [0, 0.1) is 0 Å². The number of aromatic nitrogens is 2. The fourth-order valence-corrected chi connectivity index (χ4v) is 1.16. The second-order valence-corrected chi connectivity index (χ2v) is 2.77. The van der Waals surface area contributed by atoms with Crippen LogP contribution >= 0.6 is 0 Å². The van der Waals surface area contributed by atoms with Crippen molar-refractivity contribution in [3.05, 3.63) is 28.4 Å². The molecule has 0 fully saturated rings. The minimum absolute atomic E-state index is 0.192. The Morgan fingerprint density at radius 2 is 2.14 bits per heavy atom. The van der Waals surface area contributed by atoms with Crippen molar-refractivity contribution >= 4 is 5.91 Å². The van der Waals surface area contributed by atoms with Gasteiger partial charge in [-0.3, -0.25) is 9.59 Å². The second-order valence-electron chi connectivity index (χ2n) is 2.77. The molecule has 76 valence electrons. The van der Waals surface area contributed by atoms with Gasteiger partial charge in [-0.1, -0.05) is 0 Å². The fraction of sp³-hybridized carbons (Fsp3) is 0.444. The fourth-order valence-electron chi connectivity index (χ4n) is 1.16. The molecule has 0 spiro atoms. The van der Waals surface area contributed by atoms with Gasteiger partial charge < -0.3 is 9.88 Å². The van der Waals surface area contributed by atoms with Gasteiger partial charge in [-0.25, -0.2) is 4.98 Å². The van der Waals surface area contributed by atoms with Gasteiger partial charge in [0, 0.05) is 19.2 Å². The van der Waals surface area contributed by atoms with Gasteiger partial charge >= 0.3 is 0 Å². The molecule has 1 rings (SSSR count). The molecule has 0 aliphatic heterocycles. The summed E-state index contributed by atoms with van der Waals surface area (Å²) in [5.41, 5.74) is -0.118. The largest absolute Gasteiger partial charge is 0.338 e. The Kier molecular flexibility index (Phi) is 3.39. The summed E-state index contributed by atoms with van der Waals surface area (Å²) in [7, 11) is 0. The molecule has 0 radical (unpaired) electrons. The van der Waals surface area contributed by atoms with Gasteiger partial charge in [0.05, 0.1) is 6.33 Å². The number of aromatic amines is 1. The maximum atomic E-state index is 11.7. The number of rotatable bonds is 3. The molecule has 1 aromatic rings.